The zero-order valence-electron chi connectivity index (χ0n) is 10.6. The van der Waals surface area contributed by atoms with Gasteiger partial charge in [-0.15, -0.1) is 0 Å². The van der Waals surface area contributed by atoms with Crippen molar-refractivity contribution >= 4 is 11.6 Å². The smallest absolute Gasteiger partial charge is 0.115 e. The lowest BCUT2D eigenvalue weighted by Gasteiger charge is -2.42. The van der Waals surface area contributed by atoms with Crippen LogP contribution in [0.15, 0.2) is 18.2 Å². The summed E-state index contributed by atoms with van der Waals surface area (Å²) in [6.45, 7) is 0. The average Bonchev–Trinajstić information content (AvgIpc) is 2.41. The van der Waals surface area contributed by atoms with Gasteiger partial charge in [-0.2, -0.15) is 0 Å². The molecule has 0 bridgehead atoms. The van der Waals surface area contributed by atoms with Crippen LogP contribution in [-0.2, 0) is 6.42 Å². The van der Waals surface area contributed by atoms with Gasteiger partial charge in [-0.05, 0) is 72.4 Å². The lowest BCUT2D eigenvalue weighted by molar-refractivity contribution is 0.0441. The van der Waals surface area contributed by atoms with Crippen molar-refractivity contribution in [3.05, 3.63) is 29.3 Å². The van der Waals surface area contributed by atoms with Crippen molar-refractivity contribution in [2.24, 2.45) is 11.8 Å². The molecule has 0 radical (unpaired) electrons. The molecule has 1 fully saturated rings. The Morgan fingerprint density at radius 1 is 1.21 bits per heavy atom. The van der Waals surface area contributed by atoms with Gasteiger partial charge < -0.3 is 10.2 Å². The first-order valence-electron chi connectivity index (χ1n) is 6.81. The zero-order valence-corrected chi connectivity index (χ0v) is 11.4. The number of benzene rings is 1. The molecular formula is C16H17ClO2. The van der Waals surface area contributed by atoms with Crippen molar-refractivity contribution in [1.82, 2.24) is 0 Å². The minimum Gasteiger partial charge on any atom is -0.508 e. The number of fused-ring (bicyclic) bond motifs is 3. The standard InChI is InChI=1S/C16H17ClO2/c17-8-7-15-14-3-1-10-9-11(18)2-4-12(10)13(14)5-6-16(15)19/h2,4,9,13-16,18-19H,1,3,5-6H2/t13?,14-,15?,16?/m1/s1. The number of hydrogen-bond donors (Lipinski definition) is 2. The van der Waals surface area contributed by atoms with E-state index in [2.05, 4.69) is 11.3 Å². The topological polar surface area (TPSA) is 40.5 Å². The number of halogens is 1. The zero-order chi connectivity index (χ0) is 13.4. The Morgan fingerprint density at radius 3 is 2.84 bits per heavy atom. The van der Waals surface area contributed by atoms with Gasteiger partial charge in [0.1, 0.15) is 5.75 Å². The lowest BCUT2D eigenvalue weighted by atomic mass is 9.63. The maximum absolute atomic E-state index is 10.1. The van der Waals surface area contributed by atoms with E-state index in [-0.39, 0.29) is 12.0 Å². The van der Waals surface area contributed by atoms with Crippen molar-refractivity contribution in [2.75, 3.05) is 0 Å². The molecule has 0 aromatic heterocycles. The van der Waals surface area contributed by atoms with Gasteiger partial charge in [0.2, 0.25) is 0 Å². The van der Waals surface area contributed by atoms with E-state index in [0.29, 0.717) is 17.6 Å². The highest BCUT2D eigenvalue weighted by Gasteiger charge is 2.41. The highest BCUT2D eigenvalue weighted by Crippen LogP contribution is 2.48. The van der Waals surface area contributed by atoms with E-state index in [1.165, 1.54) is 11.1 Å². The second kappa shape index (κ2) is 5.07. The van der Waals surface area contributed by atoms with Crippen molar-refractivity contribution in [2.45, 2.75) is 37.7 Å². The quantitative estimate of drug-likeness (QED) is 0.715. The Kier molecular flexibility index (Phi) is 3.43. The van der Waals surface area contributed by atoms with Gasteiger partial charge in [0.25, 0.3) is 0 Å². The molecule has 1 saturated carbocycles. The van der Waals surface area contributed by atoms with Crippen molar-refractivity contribution in [3.8, 4) is 17.0 Å². The molecule has 3 rings (SSSR count). The average molecular weight is 277 g/mol. The van der Waals surface area contributed by atoms with Crippen molar-refractivity contribution < 1.29 is 10.2 Å². The number of phenolic OH excluding ortho intramolecular Hbond substituents is 1. The summed E-state index contributed by atoms with van der Waals surface area (Å²) < 4.78 is 0. The van der Waals surface area contributed by atoms with Crippen molar-refractivity contribution in [1.29, 1.82) is 0 Å². The number of aryl methyl sites for hydroxylation is 1. The largest absolute Gasteiger partial charge is 0.508 e. The summed E-state index contributed by atoms with van der Waals surface area (Å²) in [5.74, 6) is 4.14. The van der Waals surface area contributed by atoms with Crippen LogP contribution in [0.2, 0.25) is 0 Å². The van der Waals surface area contributed by atoms with Gasteiger partial charge >= 0.3 is 0 Å². The van der Waals surface area contributed by atoms with Crippen LogP contribution in [0.4, 0.5) is 0 Å². The third kappa shape index (κ3) is 2.22. The van der Waals surface area contributed by atoms with E-state index in [9.17, 15) is 10.2 Å². The van der Waals surface area contributed by atoms with E-state index in [4.69, 9.17) is 11.6 Å². The lowest BCUT2D eigenvalue weighted by Crippen LogP contribution is -2.38. The SMILES string of the molecule is Oc1ccc2c(c1)CC[C@@H]1C2CCC(O)C1C#CCl. The molecule has 0 aliphatic heterocycles. The summed E-state index contributed by atoms with van der Waals surface area (Å²) in [7, 11) is 0. The van der Waals surface area contributed by atoms with Crippen LogP contribution in [0.25, 0.3) is 0 Å². The number of aliphatic hydroxyl groups is 1. The number of aromatic hydroxyl groups is 1. The third-order valence-electron chi connectivity index (χ3n) is 4.66. The van der Waals surface area contributed by atoms with Crippen LogP contribution in [0.5, 0.6) is 5.75 Å². The summed E-state index contributed by atoms with van der Waals surface area (Å²) in [4.78, 5) is 0. The maximum Gasteiger partial charge on any atom is 0.115 e. The van der Waals surface area contributed by atoms with Crippen LogP contribution < -0.4 is 0 Å². The number of hydrogen-bond acceptors (Lipinski definition) is 2. The molecule has 0 heterocycles. The normalized spacial score (nSPS) is 32.7. The maximum atomic E-state index is 10.1. The Balaban J connectivity index is 1.97. The fraction of sp³-hybridized carbons (Fsp3) is 0.500. The molecule has 19 heavy (non-hydrogen) atoms. The summed E-state index contributed by atoms with van der Waals surface area (Å²) in [6, 6.07) is 5.66. The van der Waals surface area contributed by atoms with Crippen molar-refractivity contribution in [3.63, 3.8) is 0 Å². The molecule has 2 nitrogen and oxygen atoms in total. The first-order valence-corrected chi connectivity index (χ1v) is 7.19. The van der Waals surface area contributed by atoms with Gasteiger partial charge in [-0.3, -0.25) is 0 Å². The molecule has 2 N–H and O–H groups in total. The second-order valence-corrected chi connectivity index (χ2v) is 5.79. The van der Waals surface area contributed by atoms with Crippen LogP contribution in [0.1, 0.15) is 36.3 Å². The monoisotopic (exact) mass is 276 g/mol. The van der Waals surface area contributed by atoms with E-state index in [0.717, 1.165) is 25.7 Å². The Morgan fingerprint density at radius 2 is 2.05 bits per heavy atom. The molecule has 1 aromatic carbocycles. The molecule has 3 unspecified atom stereocenters. The van der Waals surface area contributed by atoms with E-state index >= 15 is 0 Å². The summed E-state index contributed by atoms with van der Waals surface area (Å²) in [6.07, 6.45) is 3.36. The molecule has 2 aliphatic carbocycles. The van der Waals surface area contributed by atoms with E-state index in [1.54, 1.807) is 6.07 Å². The van der Waals surface area contributed by atoms with E-state index < -0.39 is 0 Å². The first-order chi connectivity index (χ1) is 9.20. The summed E-state index contributed by atoms with van der Waals surface area (Å²) in [5, 5.41) is 22.2. The molecule has 0 amide bonds. The van der Waals surface area contributed by atoms with Gasteiger partial charge in [0, 0.05) is 5.38 Å². The molecule has 4 atom stereocenters. The molecule has 3 heteroatoms. The highest BCUT2D eigenvalue weighted by atomic mass is 35.5. The Bertz CT molecular complexity index is 543. The van der Waals surface area contributed by atoms with Gasteiger partial charge in [-0.25, -0.2) is 0 Å². The molecule has 0 spiro atoms. The fourth-order valence-corrected chi connectivity index (χ4v) is 3.93. The molecule has 100 valence electrons. The Hall–Kier alpha value is -1.17. The van der Waals surface area contributed by atoms with Gasteiger partial charge in [0.15, 0.2) is 0 Å². The first kappa shape index (κ1) is 12.8. The minimum absolute atomic E-state index is 0.0156. The Labute approximate surface area is 118 Å². The second-order valence-electron chi connectivity index (χ2n) is 5.60. The summed E-state index contributed by atoms with van der Waals surface area (Å²) in [5.41, 5.74) is 2.57. The summed E-state index contributed by atoms with van der Waals surface area (Å²) >= 11 is 5.55. The molecular weight excluding hydrogens is 260 g/mol. The predicted molar refractivity (Wildman–Crippen MR) is 75.0 cm³/mol. The van der Waals surface area contributed by atoms with Crippen LogP contribution in [-0.4, -0.2) is 16.3 Å². The molecule has 2 aliphatic rings. The van der Waals surface area contributed by atoms with E-state index in [1.807, 2.05) is 12.1 Å². The van der Waals surface area contributed by atoms with Crippen LogP contribution in [0.3, 0.4) is 0 Å². The van der Waals surface area contributed by atoms with Crippen LogP contribution in [0, 0.1) is 23.1 Å². The number of aliphatic hydroxyl groups excluding tert-OH is 1. The predicted octanol–water partition coefficient (Wildman–Crippen LogP) is 3.01. The molecule has 0 saturated heterocycles. The third-order valence-corrected chi connectivity index (χ3v) is 4.77. The molecule has 1 aromatic rings. The fourth-order valence-electron chi connectivity index (χ4n) is 3.81. The minimum atomic E-state index is -0.355. The van der Waals surface area contributed by atoms with Crippen LogP contribution >= 0.6 is 11.6 Å². The van der Waals surface area contributed by atoms with Gasteiger partial charge in [-0.1, -0.05) is 12.0 Å². The number of rotatable bonds is 0. The highest BCUT2D eigenvalue weighted by molar-refractivity contribution is 6.30. The number of phenols is 1. The van der Waals surface area contributed by atoms with Gasteiger partial charge in [0.05, 0.1) is 12.0 Å².